The predicted molar refractivity (Wildman–Crippen MR) is 105 cm³/mol. The van der Waals surface area contributed by atoms with Crippen LogP contribution in [-0.2, 0) is 6.61 Å². The first kappa shape index (κ1) is 17.7. The van der Waals surface area contributed by atoms with E-state index in [9.17, 15) is 9.59 Å². The Kier molecular flexibility index (Phi) is 4.53. The molecule has 0 atom stereocenters. The number of carbonyl (C=O) groups is 1. The smallest absolute Gasteiger partial charge is 0.344 e. The summed E-state index contributed by atoms with van der Waals surface area (Å²) < 4.78 is 16.8. The summed E-state index contributed by atoms with van der Waals surface area (Å²) in [6.07, 6.45) is 3.38. The van der Waals surface area contributed by atoms with Crippen molar-refractivity contribution >= 4 is 27.5 Å². The molecule has 2 aromatic heterocycles. The lowest BCUT2D eigenvalue weighted by atomic mass is 10.0. The number of hydrogen-bond acceptors (Lipinski definition) is 6. The van der Waals surface area contributed by atoms with Gasteiger partial charge in [0.2, 0.25) is 0 Å². The summed E-state index contributed by atoms with van der Waals surface area (Å²) >= 11 is 0. The number of ketones is 1. The van der Waals surface area contributed by atoms with Gasteiger partial charge in [-0.3, -0.25) is 9.78 Å². The maximum Gasteiger partial charge on any atom is 0.344 e. The van der Waals surface area contributed by atoms with Crippen LogP contribution in [0.1, 0.15) is 22.8 Å². The molecule has 6 nitrogen and oxygen atoms in total. The quantitative estimate of drug-likeness (QED) is 0.296. The zero-order chi connectivity index (χ0) is 19.7. The Hall–Kier alpha value is -3.67. The van der Waals surface area contributed by atoms with E-state index in [0.717, 1.165) is 5.56 Å². The Balaban J connectivity index is 1.83. The number of methoxy groups -OCH3 is 1. The van der Waals surface area contributed by atoms with Crippen LogP contribution in [0.15, 0.2) is 64.1 Å². The fraction of sp³-hybridized carbons (Fsp3) is 0.136. The molecule has 0 spiro atoms. The number of Topliss-reactive ketones (excluding diaryl/α,β-unsaturated/α-hetero) is 1. The van der Waals surface area contributed by atoms with Crippen LogP contribution >= 0.6 is 0 Å². The van der Waals surface area contributed by atoms with Crippen LogP contribution < -0.4 is 15.1 Å². The van der Waals surface area contributed by atoms with Crippen molar-refractivity contribution in [2.24, 2.45) is 0 Å². The molecule has 28 heavy (non-hydrogen) atoms. The first-order chi connectivity index (χ1) is 13.6. The molecule has 0 fully saturated rings. The van der Waals surface area contributed by atoms with Gasteiger partial charge < -0.3 is 13.9 Å². The first-order valence-electron chi connectivity index (χ1n) is 8.68. The van der Waals surface area contributed by atoms with Crippen molar-refractivity contribution in [1.29, 1.82) is 0 Å². The summed E-state index contributed by atoms with van der Waals surface area (Å²) in [6, 6.07) is 12.1. The third-order valence-electron chi connectivity index (χ3n) is 4.55. The molecular weight excluding hydrogens is 358 g/mol. The number of nitrogens with zero attached hydrogens (tertiary/aromatic N) is 1. The van der Waals surface area contributed by atoms with E-state index in [4.69, 9.17) is 13.9 Å². The Morgan fingerprint density at radius 1 is 1.00 bits per heavy atom. The average Bonchev–Trinajstić information content (AvgIpc) is 2.72. The highest BCUT2D eigenvalue weighted by Gasteiger charge is 2.14. The van der Waals surface area contributed by atoms with Crippen LogP contribution in [-0.4, -0.2) is 17.9 Å². The second-order valence-corrected chi connectivity index (χ2v) is 6.35. The van der Waals surface area contributed by atoms with Crippen molar-refractivity contribution in [3.63, 3.8) is 0 Å². The van der Waals surface area contributed by atoms with Crippen LogP contribution in [0.2, 0.25) is 0 Å². The second-order valence-electron chi connectivity index (χ2n) is 6.35. The Morgan fingerprint density at radius 2 is 1.79 bits per heavy atom. The molecule has 0 aliphatic heterocycles. The van der Waals surface area contributed by atoms with Crippen molar-refractivity contribution < 1.29 is 18.7 Å². The van der Waals surface area contributed by atoms with E-state index in [0.29, 0.717) is 45.4 Å². The van der Waals surface area contributed by atoms with Crippen molar-refractivity contribution in [2.75, 3.05) is 7.11 Å². The molecule has 0 amide bonds. The molecule has 2 aromatic carbocycles. The van der Waals surface area contributed by atoms with Crippen molar-refractivity contribution in [2.45, 2.75) is 13.5 Å². The minimum absolute atomic E-state index is 0.112. The van der Waals surface area contributed by atoms with Gasteiger partial charge in [-0.25, -0.2) is 4.79 Å². The third kappa shape index (κ3) is 3.20. The highest BCUT2D eigenvalue weighted by Crippen LogP contribution is 2.35. The van der Waals surface area contributed by atoms with Gasteiger partial charge in [-0.15, -0.1) is 0 Å². The number of pyridine rings is 1. The minimum atomic E-state index is -0.504. The van der Waals surface area contributed by atoms with Crippen LogP contribution in [0.25, 0.3) is 21.7 Å². The highest BCUT2D eigenvalue weighted by atomic mass is 16.5. The van der Waals surface area contributed by atoms with Gasteiger partial charge in [0, 0.05) is 34.8 Å². The largest absolute Gasteiger partial charge is 0.493 e. The van der Waals surface area contributed by atoms with Crippen molar-refractivity contribution in [1.82, 2.24) is 4.98 Å². The summed E-state index contributed by atoms with van der Waals surface area (Å²) in [7, 11) is 1.55. The molecule has 0 aliphatic carbocycles. The summed E-state index contributed by atoms with van der Waals surface area (Å²) in [5, 5.41) is 1.75. The van der Waals surface area contributed by atoms with E-state index in [-0.39, 0.29) is 5.78 Å². The van der Waals surface area contributed by atoms with Gasteiger partial charge in [0.1, 0.15) is 12.2 Å². The molecule has 0 unspecified atom stereocenters. The number of benzene rings is 2. The van der Waals surface area contributed by atoms with Crippen LogP contribution in [0.5, 0.6) is 11.5 Å². The van der Waals surface area contributed by atoms with E-state index < -0.39 is 5.63 Å². The monoisotopic (exact) mass is 375 g/mol. The normalized spacial score (nSPS) is 10.9. The molecule has 0 bridgehead atoms. The molecule has 2 heterocycles. The van der Waals surface area contributed by atoms with Gasteiger partial charge in [-0.1, -0.05) is 12.1 Å². The summed E-state index contributed by atoms with van der Waals surface area (Å²) in [4.78, 5) is 28.1. The van der Waals surface area contributed by atoms with E-state index in [2.05, 4.69) is 4.98 Å². The Bertz CT molecular complexity index is 1240. The molecule has 0 radical (unpaired) electrons. The SMILES string of the molecule is COc1cc2c(cc1OCc1ccncc1)oc(=O)c1cc(C(C)=O)ccc12. The fourth-order valence-electron chi connectivity index (χ4n) is 3.07. The molecule has 4 aromatic rings. The second kappa shape index (κ2) is 7.15. The van der Waals surface area contributed by atoms with Crippen LogP contribution in [0.4, 0.5) is 0 Å². The van der Waals surface area contributed by atoms with Gasteiger partial charge in [0.05, 0.1) is 12.5 Å². The zero-order valence-corrected chi connectivity index (χ0v) is 15.4. The fourth-order valence-corrected chi connectivity index (χ4v) is 3.07. The van der Waals surface area contributed by atoms with Gasteiger partial charge in [-0.2, -0.15) is 0 Å². The minimum Gasteiger partial charge on any atom is -0.493 e. The summed E-state index contributed by atoms with van der Waals surface area (Å²) in [6.45, 7) is 1.78. The van der Waals surface area contributed by atoms with Crippen molar-refractivity contribution in [3.8, 4) is 11.5 Å². The van der Waals surface area contributed by atoms with Gasteiger partial charge in [-0.05, 0) is 36.8 Å². The Morgan fingerprint density at radius 3 is 2.50 bits per heavy atom. The number of fused-ring (bicyclic) bond motifs is 3. The third-order valence-corrected chi connectivity index (χ3v) is 4.55. The number of ether oxygens (including phenoxy) is 2. The lowest BCUT2D eigenvalue weighted by molar-refractivity contribution is 0.101. The van der Waals surface area contributed by atoms with Gasteiger partial charge in [0.25, 0.3) is 0 Å². The summed E-state index contributed by atoms with van der Waals surface area (Å²) in [5.41, 5.74) is 1.30. The molecule has 0 aliphatic rings. The molecular formula is C22H17NO5. The number of carbonyl (C=O) groups excluding carboxylic acids is 1. The van der Waals surface area contributed by atoms with Crippen LogP contribution in [0, 0.1) is 0 Å². The van der Waals surface area contributed by atoms with Gasteiger partial charge in [0.15, 0.2) is 17.3 Å². The molecule has 0 saturated heterocycles. The lowest BCUT2D eigenvalue weighted by Gasteiger charge is -2.12. The maximum absolute atomic E-state index is 12.5. The van der Waals surface area contributed by atoms with E-state index >= 15 is 0 Å². The molecule has 6 heteroatoms. The highest BCUT2D eigenvalue weighted by molar-refractivity contribution is 6.07. The zero-order valence-electron chi connectivity index (χ0n) is 15.4. The molecule has 140 valence electrons. The predicted octanol–water partition coefficient (Wildman–Crippen LogP) is 4.13. The van der Waals surface area contributed by atoms with Crippen molar-refractivity contribution in [3.05, 3.63) is 76.4 Å². The maximum atomic E-state index is 12.5. The Labute approximate surface area is 160 Å². The topological polar surface area (TPSA) is 78.6 Å². The van der Waals surface area contributed by atoms with Crippen LogP contribution in [0.3, 0.4) is 0 Å². The van der Waals surface area contributed by atoms with E-state index in [1.807, 2.05) is 12.1 Å². The summed E-state index contributed by atoms with van der Waals surface area (Å²) in [5.74, 6) is 0.876. The number of aromatic nitrogens is 1. The number of hydrogen-bond donors (Lipinski definition) is 0. The lowest BCUT2D eigenvalue weighted by Crippen LogP contribution is -2.03. The molecule has 4 rings (SSSR count). The molecule has 0 N–H and O–H groups in total. The number of rotatable bonds is 5. The van der Waals surface area contributed by atoms with E-state index in [1.54, 1.807) is 49.8 Å². The van der Waals surface area contributed by atoms with Gasteiger partial charge >= 0.3 is 5.63 Å². The standard InChI is InChI=1S/C22H17NO5/c1-13(24)15-3-4-16-17-10-20(26-2)21(27-12-14-5-7-23-8-6-14)11-19(17)28-22(25)18(16)9-15/h3-11H,12H2,1-2H3. The average molecular weight is 375 g/mol. The van der Waals surface area contributed by atoms with E-state index in [1.165, 1.54) is 6.92 Å². The molecule has 0 saturated carbocycles. The first-order valence-corrected chi connectivity index (χ1v) is 8.68.